The minimum Gasteiger partial charge on any atom is -0.383 e. The number of hydrogen-bond acceptors (Lipinski definition) is 4. The summed E-state index contributed by atoms with van der Waals surface area (Å²) in [7, 11) is 1.72. The van der Waals surface area contributed by atoms with Crippen molar-refractivity contribution in [1.82, 2.24) is 9.80 Å². The quantitative estimate of drug-likeness (QED) is 0.784. The van der Waals surface area contributed by atoms with Crippen LogP contribution in [0.2, 0.25) is 0 Å². The van der Waals surface area contributed by atoms with Crippen molar-refractivity contribution in [2.24, 2.45) is 5.41 Å². The van der Waals surface area contributed by atoms with Crippen LogP contribution >= 0.6 is 0 Å². The van der Waals surface area contributed by atoms with Gasteiger partial charge >= 0.3 is 0 Å². The number of likely N-dealkylation sites (tertiary alicyclic amines) is 1. The van der Waals surface area contributed by atoms with Crippen LogP contribution in [0.25, 0.3) is 0 Å². The first-order valence-corrected chi connectivity index (χ1v) is 8.84. The van der Waals surface area contributed by atoms with Gasteiger partial charge in [-0.1, -0.05) is 0 Å². The average molecular weight is 328 g/mol. The van der Waals surface area contributed by atoms with Crippen LogP contribution in [0.1, 0.15) is 32.1 Å². The molecule has 0 aromatic rings. The molecule has 5 nitrogen and oxygen atoms in total. The lowest BCUT2D eigenvalue weighted by molar-refractivity contribution is -0.153. The molecule has 0 aromatic carbocycles. The minimum atomic E-state index is -1.56. The van der Waals surface area contributed by atoms with Gasteiger partial charge < -0.3 is 14.4 Å². The van der Waals surface area contributed by atoms with Crippen LogP contribution in [0.15, 0.2) is 0 Å². The lowest BCUT2D eigenvalue weighted by atomic mass is 9.76. The first kappa shape index (κ1) is 17.1. The maximum atomic E-state index is 14.3. The summed E-state index contributed by atoms with van der Waals surface area (Å²) in [6, 6.07) is 0. The maximum Gasteiger partial charge on any atom is 0.260 e. The van der Waals surface area contributed by atoms with Gasteiger partial charge in [0.05, 0.1) is 19.8 Å². The van der Waals surface area contributed by atoms with E-state index in [1.807, 2.05) is 0 Å². The molecule has 2 aliphatic heterocycles. The Kier molecular flexibility index (Phi) is 5.23. The van der Waals surface area contributed by atoms with E-state index in [1.54, 1.807) is 12.0 Å². The van der Waals surface area contributed by atoms with Gasteiger partial charge in [-0.3, -0.25) is 9.69 Å². The number of methoxy groups -OCH3 is 1. The molecule has 0 atom stereocenters. The molecule has 0 N–H and O–H groups in total. The number of amides is 1. The third-order valence-corrected chi connectivity index (χ3v) is 5.77. The summed E-state index contributed by atoms with van der Waals surface area (Å²) in [6.45, 7) is 6.38. The summed E-state index contributed by atoms with van der Waals surface area (Å²) in [6.07, 6.45) is 3.45. The van der Waals surface area contributed by atoms with Crippen LogP contribution in [0.4, 0.5) is 4.39 Å². The van der Waals surface area contributed by atoms with E-state index in [9.17, 15) is 9.18 Å². The number of carbonyl (C=O) groups is 1. The number of ether oxygens (including phenoxy) is 2. The van der Waals surface area contributed by atoms with E-state index < -0.39 is 5.67 Å². The highest BCUT2D eigenvalue weighted by Crippen LogP contribution is 2.40. The molecule has 2 heterocycles. The molecule has 0 unspecified atom stereocenters. The Hall–Kier alpha value is -0.720. The molecular weight excluding hydrogens is 299 g/mol. The van der Waals surface area contributed by atoms with E-state index >= 15 is 0 Å². The largest absolute Gasteiger partial charge is 0.383 e. The highest BCUT2D eigenvalue weighted by molar-refractivity contribution is 5.86. The number of alkyl halides is 1. The minimum absolute atomic E-state index is 0.101. The first-order chi connectivity index (χ1) is 11.1. The second kappa shape index (κ2) is 7.03. The highest BCUT2D eigenvalue weighted by atomic mass is 19.1. The van der Waals surface area contributed by atoms with Crippen molar-refractivity contribution in [3.63, 3.8) is 0 Å². The van der Waals surface area contributed by atoms with Crippen molar-refractivity contribution in [3.8, 4) is 0 Å². The van der Waals surface area contributed by atoms with E-state index in [0.717, 1.165) is 58.7 Å². The van der Waals surface area contributed by atoms with Gasteiger partial charge in [0.25, 0.3) is 5.91 Å². The molecule has 1 amide bonds. The molecule has 3 aliphatic rings. The Morgan fingerprint density at radius 3 is 2.57 bits per heavy atom. The third-order valence-electron chi connectivity index (χ3n) is 5.77. The van der Waals surface area contributed by atoms with E-state index in [0.29, 0.717) is 25.9 Å². The Labute approximate surface area is 138 Å². The van der Waals surface area contributed by atoms with Gasteiger partial charge in [0.1, 0.15) is 0 Å². The maximum absolute atomic E-state index is 14.3. The zero-order valence-corrected chi connectivity index (χ0v) is 14.2. The van der Waals surface area contributed by atoms with Crippen molar-refractivity contribution in [3.05, 3.63) is 0 Å². The van der Waals surface area contributed by atoms with E-state index in [2.05, 4.69) is 4.90 Å². The zero-order chi connectivity index (χ0) is 16.3. The monoisotopic (exact) mass is 328 g/mol. The van der Waals surface area contributed by atoms with Crippen LogP contribution in [0.5, 0.6) is 0 Å². The zero-order valence-electron chi connectivity index (χ0n) is 14.2. The topological polar surface area (TPSA) is 42.0 Å². The van der Waals surface area contributed by atoms with Crippen molar-refractivity contribution >= 4 is 5.91 Å². The van der Waals surface area contributed by atoms with Gasteiger partial charge in [0, 0.05) is 45.2 Å². The molecule has 1 spiro atoms. The summed E-state index contributed by atoms with van der Waals surface area (Å²) in [4.78, 5) is 16.5. The number of carbonyl (C=O) groups excluding carboxylic acids is 1. The molecule has 3 fully saturated rings. The standard InChI is InChI=1S/C17H29FN2O3/c1-22-11-9-19-10-12-23-14-16(13-19)5-7-20(8-6-16)15(21)17(18)3-2-4-17/h2-14H2,1H3. The smallest absolute Gasteiger partial charge is 0.260 e. The summed E-state index contributed by atoms with van der Waals surface area (Å²) >= 11 is 0. The molecule has 132 valence electrons. The second-order valence-corrected chi connectivity index (χ2v) is 7.43. The normalized spacial score (nSPS) is 27.5. The summed E-state index contributed by atoms with van der Waals surface area (Å²) in [5, 5.41) is 0. The van der Waals surface area contributed by atoms with E-state index in [4.69, 9.17) is 9.47 Å². The molecule has 0 aromatic heterocycles. The van der Waals surface area contributed by atoms with Crippen LogP contribution in [-0.2, 0) is 14.3 Å². The third kappa shape index (κ3) is 3.69. The molecular formula is C17H29FN2O3. The fraction of sp³-hybridized carbons (Fsp3) is 0.941. The van der Waals surface area contributed by atoms with Gasteiger partial charge in [-0.25, -0.2) is 4.39 Å². The van der Waals surface area contributed by atoms with Gasteiger partial charge in [0.15, 0.2) is 5.67 Å². The predicted octanol–water partition coefficient (Wildman–Crippen LogP) is 1.47. The molecule has 6 heteroatoms. The predicted molar refractivity (Wildman–Crippen MR) is 85.1 cm³/mol. The van der Waals surface area contributed by atoms with Crippen LogP contribution in [0, 0.1) is 5.41 Å². The van der Waals surface area contributed by atoms with Gasteiger partial charge in [-0.15, -0.1) is 0 Å². The van der Waals surface area contributed by atoms with Crippen molar-refractivity contribution in [1.29, 1.82) is 0 Å². The molecule has 0 radical (unpaired) electrons. The number of piperidine rings is 1. The summed E-state index contributed by atoms with van der Waals surface area (Å²) in [5.74, 6) is -0.274. The molecule has 2 saturated heterocycles. The first-order valence-electron chi connectivity index (χ1n) is 8.84. The SMILES string of the molecule is COCCN1CCOCC2(CCN(C(=O)C3(F)CCC3)CC2)C1. The van der Waals surface area contributed by atoms with Crippen molar-refractivity contribution in [2.45, 2.75) is 37.8 Å². The Morgan fingerprint density at radius 1 is 1.22 bits per heavy atom. The van der Waals surface area contributed by atoms with Crippen LogP contribution in [0.3, 0.4) is 0 Å². The molecule has 23 heavy (non-hydrogen) atoms. The molecule has 0 bridgehead atoms. The molecule has 1 saturated carbocycles. The average Bonchev–Trinajstić information content (AvgIpc) is 2.73. The van der Waals surface area contributed by atoms with Crippen LogP contribution < -0.4 is 0 Å². The number of hydrogen-bond donors (Lipinski definition) is 0. The van der Waals surface area contributed by atoms with E-state index in [1.165, 1.54) is 0 Å². The Balaban J connectivity index is 1.56. The number of rotatable bonds is 4. The van der Waals surface area contributed by atoms with Crippen molar-refractivity contribution in [2.75, 3.05) is 59.7 Å². The fourth-order valence-corrected chi connectivity index (χ4v) is 3.96. The van der Waals surface area contributed by atoms with Gasteiger partial charge in [-0.05, 0) is 32.1 Å². The number of nitrogens with zero attached hydrogens (tertiary/aromatic N) is 2. The Morgan fingerprint density at radius 2 is 1.96 bits per heavy atom. The Bertz CT molecular complexity index is 420. The van der Waals surface area contributed by atoms with E-state index in [-0.39, 0.29) is 11.3 Å². The highest BCUT2D eigenvalue weighted by Gasteiger charge is 2.48. The van der Waals surface area contributed by atoms with Gasteiger partial charge in [0.2, 0.25) is 0 Å². The summed E-state index contributed by atoms with van der Waals surface area (Å²) in [5.41, 5.74) is -1.46. The number of halogens is 1. The van der Waals surface area contributed by atoms with Crippen LogP contribution in [-0.4, -0.2) is 81.0 Å². The van der Waals surface area contributed by atoms with Crippen molar-refractivity contribution < 1.29 is 18.7 Å². The summed E-state index contributed by atoms with van der Waals surface area (Å²) < 4.78 is 25.4. The van der Waals surface area contributed by atoms with Gasteiger partial charge in [-0.2, -0.15) is 0 Å². The molecule has 3 rings (SSSR count). The fourth-order valence-electron chi connectivity index (χ4n) is 3.96. The molecule has 1 aliphatic carbocycles. The lowest BCUT2D eigenvalue weighted by Gasteiger charge is -2.45. The lowest BCUT2D eigenvalue weighted by Crippen LogP contribution is -2.55. The second-order valence-electron chi connectivity index (χ2n) is 7.43.